The van der Waals surface area contributed by atoms with Crippen LogP contribution < -0.4 is 10.2 Å². The Kier molecular flexibility index (Phi) is 5.14. The predicted octanol–water partition coefficient (Wildman–Crippen LogP) is 0.887. The fourth-order valence-corrected chi connectivity index (χ4v) is 3.49. The molecule has 4 rings (SSSR count). The Morgan fingerprint density at radius 1 is 1.29 bits per heavy atom. The van der Waals surface area contributed by atoms with E-state index in [0.717, 1.165) is 10.9 Å². The molecule has 28 heavy (non-hydrogen) atoms. The number of nitrogens with zero attached hydrogens (tertiary/aromatic N) is 4. The lowest BCUT2D eigenvalue weighted by Crippen LogP contribution is -2.54. The molecule has 8 nitrogen and oxygen atoms in total. The normalized spacial score (nSPS) is 19.6. The quantitative estimate of drug-likeness (QED) is 0.617. The van der Waals surface area contributed by atoms with Gasteiger partial charge in [-0.1, -0.05) is 18.2 Å². The summed E-state index contributed by atoms with van der Waals surface area (Å²) < 4.78 is 0. The maximum Gasteiger partial charge on any atom is 0.271 e. The number of nitrogens with one attached hydrogen (secondary N) is 1. The number of aromatic nitrogens is 3. The molecule has 2 atom stereocenters. The summed E-state index contributed by atoms with van der Waals surface area (Å²) in [7, 11) is 0. The molecule has 1 aliphatic rings. The molecule has 0 radical (unpaired) electrons. The summed E-state index contributed by atoms with van der Waals surface area (Å²) in [6, 6.07) is 9.26. The van der Waals surface area contributed by atoms with Gasteiger partial charge in [-0.25, -0.2) is 9.97 Å². The summed E-state index contributed by atoms with van der Waals surface area (Å²) >= 11 is 0. The van der Waals surface area contributed by atoms with E-state index in [1.807, 2.05) is 35.2 Å². The standard InChI is InChI=1S/C20H21N5O3/c26-12-14-9-13-3-1-2-4-15(13)23-19(14)25-8-5-16(18(27)11-25)24-20(28)17-10-21-6-7-22-17/h1-4,6-7,9-10,16,18,26-27H,5,8,11-12H2,(H,24,28)/t16-,18-/m1/s1. The lowest BCUT2D eigenvalue weighted by Gasteiger charge is -2.37. The first-order valence-electron chi connectivity index (χ1n) is 9.15. The molecule has 0 bridgehead atoms. The van der Waals surface area contributed by atoms with Crippen molar-refractivity contribution >= 4 is 22.6 Å². The molecule has 3 heterocycles. The molecule has 0 aliphatic carbocycles. The Bertz CT molecular complexity index is 982. The van der Waals surface area contributed by atoms with E-state index in [9.17, 15) is 15.0 Å². The highest BCUT2D eigenvalue weighted by molar-refractivity contribution is 5.92. The van der Waals surface area contributed by atoms with E-state index in [4.69, 9.17) is 0 Å². The van der Waals surface area contributed by atoms with E-state index < -0.39 is 6.10 Å². The average molecular weight is 379 g/mol. The first-order chi connectivity index (χ1) is 13.7. The number of benzene rings is 1. The van der Waals surface area contributed by atoms with Gasteiger partial charge in [-0.15, -0.1) is 0 Å². The van der Waals surface area contributed by atoms with Gasteiger partial charge in [-0.2, -0.15) is 0 Å². The zero-order valence-electron chi connectivity index (χ0n) is 15.2. The van der Waals surface area contributed by atoms with Gasteiger partial charge in [0.15, 0.2) is 0 Å². The number of rotatable bonds is 4. The van der Waals surface area contributed by atoms with Crippen molar-refractivity contribution in [1.29, 1.82) is 0 Å². The Hall–Kier alpha value is -3.10. The summed E-state index contributed by atoms with van der Waals surface area (Å²) in [5.41, 5.74) is 1.77. The van der Waals surface area contributed by atoms with Crippen LogP contribution in [0.5, 0.6) is 0 Å². The maximum atomic E-state index is 12.3. The summed E-state index contributed by atoms with van der Waals surface area (Å²) in [4.78, 5) is 26.8. The first-order valence-corrected chi connectivity index (χ1v) is 9.15. The molecule has 1 amide bonds. The van der Waals surface area contributed by atoms with E-state index in [1.54, 1.807) is 0 Å². The number of hydrogen-bond acceptors (Lipinski definition) is 7. The van der Waals surface area contributed by atoms with Crippen molar-refractivity contribution in [2.45, 2.75) is 25.2 Å². The number of pyridine rings is 1. The van der Waals surface area contributed by atoms with Crippen LogP contribution >= 0.6 is 0 Å². The Balaban J connectivity index is 1.50. The predicted molar refractivity (Wildman–Crippen MR) is 104 cm³/mol. The molecule has 3 aromatic rings. The van der Waals surface area contributed by atoms with Crippen LogP contribution in [0.2, 0.25) is 0 Å². The number of aliphatic hydroxyl groups is 2. The SMILES string of the molecule is O=C(N[C@@H]1CCN(c2nc3ccccc3cc2CO)C[C@H]1O)c1cnccn1. The van der Waals surface area contributed by atoms with Crippen LogP contribution in [0.1, 0.15) is 22.5 Å². The van der Waals surface area contributed by atoms with Gasteiger partial charge in [0.05, 0.1) is 30.5 Å². The van der Waals surface area contributed by atoms with Gasteiger partial charge < -0.3 is 20.4 Å². The van der Waals surface area contributed by atoms with Crippen LogP contribution in [0.3, 0.4) is 0 Å². The van der Waals surface area contributed by atoms with Crippen molar-refractivity contribution in [1.82, 2.24) is 20.3 Å². The zero-order chi connectivity index (χ0) is 19.5. The van der Waals surface area contributed by atoms with E-state index in [2.05, 4.69) is 20.3 Å². The van der Waals surface area contributed by atoms with E-state index >= 15 is 0 Å². The van der Waals surface area contributed by atoms with Crippen LogP contribution in [-0.2, 0) is 6.61 Å². The van der Waals surface area contributed by atoms with Gasteiger partial charge in [0, 0.05) is 36.4 Å². The van der Waals surface area contributed by atoms with Gasteiger partial charge in [0.2, 0.25) is 0 Å². The number of hydrogen-bond donors (Lipinski definition) is 3. The van der Waals surface area contributed by atoms with Crippen LogP contribution in [0, 0.1) is 0 Å². The van der Waals surface area contributed by atoms with Crippen LogP contribution in [0.4, 0.5) is 5.82 Å². The summed E-state index contributed by atoms with van der Waals surface area (Å²) in [5, 5.41) is 24.2. The van der Waals surface area contributed by atoms with Gasteiger partial charge in [0.1, 0.15) is 11.5 Å². The van der Waals surface area contributed by atoms with Gasteiger partial charge in [0.25, 0.3) is 5.91 Å². The second kappa shape index (κ2) is 7.87. The third-order valence-corrected chi connectivity index (χ3v) is 4.94. The monoisotopic (exact) mass is 379 g/mol. The first kappa shape index (κ1) is 18.3. The lowest BCUT2D eigenvalue weighted by molar-refractivity contribution is 0.0792. The van der Waals surface area contributed by atoms with Crippen LogP contribution in [0.25, 0.3) is 10.9 Å². The largest absolute Gasteiger partial charge is 0.392 e. The molecule has 1 aliphatic heterocycles. The molecule has 144 valence electrons. The third kappa shape index (κ3) is 3.64. The number of aliphatic hydroxyl groups excluding tert-OH is 2. The number of piperidine rings is 1. The van der Waals surface area contributed by atoms with Crippen molar-refractivity contribution in [2.75, 3.05) is 18.0 Å². The molecular weight excluding hydrogens is 358 g/mol. The number of anilines is 1. The fraction of sp³-hybridized carbons (Fsp3) is 0.300. The van der Waals surface area contributed by atoms with E-state index in [-0.39, 0.29) is 24.2 Å². The molecule has 1 saturated heterocycles. The minimum Gasteiger partial charge on any atom is -0.392 e. The molecule has 8 heteroatoms. The molecular formula is C20H21N5O3. The van der Waals surface area contributed by atoms with Crippen LogP contribution in [0.15, 0.2) is 48.9 Å². The number of para-hydroxylation sites is 1. The summed E-state index contributed by atoms with van der Waals surface area (Å²) in [6.07, 6.45) is 4.12. The molecule has 0 saturated carbocycles. The second-order valence-electron chi connectivity index (χ2n) is 6.79. The van der Waals surface area contributed by atoms with Crippen molar-refractivity contribution < 1.29 is 15.0 Å². The zero-order valence-corrected chi connectivity index (χ0v) is 15.2. The van der Waals surface area contributed by atoms with E-state index in [0.29, 0.717) is 30.9 Å². The van der Waals surface area contributed by atoms with Gasteiger partial charge in [-0.05, 0) is 18.6 Å². The summed E-state index contributed by atoms with van der Waals surface area (Å²) in [5.74, 6) is 0.310. The number of fused-ring (bicyclic) bond motifs is 1. The Morgan fingerprint density at radius 2 is 2.14 bits per heavy atom. The van der Waals surface area contributed by atoms with Gasteiger partial charge >= 0.3 is 0 Å². The van der Waals surface area contributed by atoms with Gasteiger partial charge in [-0.3, -0.25) is 9.78 Å². The molecule has 0 spiro atoms. The number of carbonyl (C=O) groups is 1. The smallest absolute Gasteiger partial charge is 0.271 e. The minimum atomic E-state index is -0.769. The van der Waals surface area contributed by atoms with E-state index in [1.165, 1.54) is 18.6 Å². The molecule has 1 fully saturated rings. The Morgan fingerprint density at radius 3 is 2.89 bits per heavy atom. The molecule has 0 unspecified atom stereocenters. The Labute approximate surface area is 161 Å². The highest BCUT2D eigenvalue weighted by atomic mass is 16.3. The highest BCUT2D eigenvalue weighted by Crippen LogP contribution is 2.26. The highest BCUT2D eigenvalue weighted by Gasteiger charge is 2.31. The number of β-amino-alcohol motifs (C(OH)–C–C–N with tert-alkyl or cyclic N) is 1. The van der Waals surface area contributed by atoms with Crippen LogP contribution in [-0.4, -0.2) is 56.3 Å². The maximum absolute atomic E-state index is 12.3. The minimum absolute atomic E-state index is 0.132. The summed E-state index contributed by atoms with van der Waals surface area (Å²) in [6.45, 7) is 0.775. The van der Waals surface area contributed by atoms with Crippen molar-refractivity contribution in [2.24, 2.45) is 0 Å². The fourth-order valence-electron chi connectivity index (χ4n) is 3.49. The van der Waals surface area contributed by atoms with Crippen molar-refractivity contribution in [3.05, 3.63) is 60.2 Å². The number of carbonyl (C=O) groups excluding carboxylic acids is 1. The third-order valence-electron chi connectivity index (χ3n) is 4.94. The molecule has 3 N–H and O–H groups in total. The number of amides is 1. The second-order valence-corrected chi connectivity index (χ2v) is 6.79. The lowest BCUT2D eigenvalue weighted by atomic mass is 10.0. The van der Waals surface area contributed by atoms with Crippen molar-refractivity contribution in [3.63, 3.8) is 0 Å². The molecule has 2 aromatic heterocycles. The molecule has 1 aromatic carbocycles. The topological polar surface area (TPSA) is 111 Å². The van der Waals surface area contributed by atoms with Crippen molar-refractivity contribution in [3.8, 4) is 0 Å². The average Bonchev–Trinajstić information content (AvgIpc) is 2.74.